The molecule has 0 aromatic carbocycles. The Morgan fingerprint density at radius 3 is 2.48 bits per heavy atom. The van der Waals surface area contributed by atoms with Crippen LogP contribution >= 0.6 is 0 Å². The highest BCUT2D eigenvalue weighted by Crippen LogP contribution is 2.68. The minimum Gasteiger partial charge on any atom is -0.466 e. The molecule has 3 rings (SSSR count). The van der Waals surface area contributed by atoms with Crippen LogP contribution in [0.5, 0.6) is 0 Å². The number of aliphatic hydroxyl groups is 1. The van der Waals surface area contributed by atoms with E-state index in [0.29, 0.717) is 18.4 Å². The van der Waals surface area contributed by atoms with E-state index in [1.165, 1.54) is 6.42 Å². The molecule has 0 amide bonds. The van der Waals surface area contributed by atoms with E-state index in [9.17, 15) is 9.90 Å². The molecule has 3 heteroatoms. The molecule has 0 spiro atoms. The number of rotatable bonds is 3. The Bertz CT molecular complexity index is 553. The van der Waals surface area contributed by atoms with E-state index in [0.717, 1.165) is 44.9 Å². The average molecular weight is 349 g/mol. The van der Waals surface area contributed by atoms with Crippen LogP contribution in [0, 0.1) is 28.1 Å². The van der Waals surface area contributed by atoms with Crippen molar-refractivity contribution in [3.63, 3.8) is 0 Å². The number of carbonyl (C=O) groups is 1. The third-order valence-corrected chi connectivity index (χ3v) is 8.20. The van der Waals surface area contributed by atoms with Gasteiger partial charge in [0.1, 0.15) is 0 Å². The van der Waals surface area contributed by atoms with E-state index in [1.54, 1.807) is 0 Å². The molecule has 0 aromatic heterocycles. The summed E-state index contributed by atoms with van der Waals surface area (Å²) in [5.41, 5.74) is -0.814. The highest BCUT2D eigenvalue weighted by atomic mass is 16.5. The van der Waals surface area contributed by atoms with E-state index in [1.807, 2.05) is 13.8 Å². The smallest absolute Gasteiger partial charge is 0.312 e. The second-order valence-corrected chi connectivity index (χ2v) is 9.79. The molecule has 0 radical (unpaired) electrons. The number of esters is 1. The lowest BCUT2D eigenvalue weighted by atomic mass is 9.39. The quantitative estimate of drug-likeness (QED) is 0.584. The summed E-state index contributed by atoms with van der Waals surface area (Å²) >= 11 is 0. The molecular weight excluding hydrogens is 312 g/mol. The van der Waals surface area contributed by atoms with E-state index >= 15 is 0 Å². The molecule has 1 N–H and O–H groups in total. The number of allylic oxidation sites excluding steroid dienone is 1. The lowest BCUT2D eigenvalue weighted by Gasteiger charge is -2.65. The maximum atomic E-state index is 12.8. The molecule has 6 atom stereocenters. The molecule has 3 nitrogen and oxygen atoms in total. The van der Waals surface area contributed by atoms with Gasteiger partial charge >= 0.3 is 5.97 Å². The molecule has 3 fully saturated rings. The van der Waals surface area contributed by atoms with E-state index in [-0.39, 0.29) is 22.2 Å². The van der Waals surface area contributed by atoms with Crippen molar-refractivity contribution in [1.82, 2.24) is 0 Å². The number of carbonyl (C=O) groups excluding carboxylic acids is 1. The standard InChI is InChI=1S/C22H36O3/c1-6-22-14-10-16-20(4,17(22)9-13-19(3,24)15-22)11-8-12-21(16,5)18(23)25-7-2/h6,16-17,24H,1,7-15H2,2-5H3/t16-,17-,19-,20+,21+,22+/m0/s1. The highest BCUT2D eigenvalue weighted by Gasteiger charge is 2.63. The van der Waals surface area contributed by atoms with Crippen LogP contribution in [0.25, 0.3) is 0 Å². The first kappa shape index (κ1) is 18.9. The van der Waals surface area contributed by atoms with Crippen molar-refractivity contribution < 1.29 is 14.6 Å². The highest BCUT2D eigenvalue weighted by molar-refractivity contribution is 5.77. The van der Waals surface area contributed by atoms with Crippen LogP contribution in [0.2, 0.25) is 0 Å². The lowest BCUT2D eigenvalue weighted by Crippen LogP contribution is -2.60. The summed E-state index contributed by atoms with van der Waals surface area (Å²) in [7, 11) is 0. The predicted molar refractivity (Wildman–Crippen MR) is 100 cm³/mol. The molecule has 0 bridgehead atoms. The molecule has 0 saturated heterocycles. The molecule has 3 saturated carbocycles. The molecular formula is C22H36O3. The molecule has 3 aliphatic carbocycles. The van der Waals surface area contributed by atoms with Crippen molar-refractivity contribution in [3.05, 3.63) is 12.7 Å². The van der Waals surface area contributed by atoms with Gasteiger partial charge in [-0.1, -0.05) is 19.4 Å². The summed E-state index contributed by atoms with van der Waals surface area (Å²) < 4.78 is 5.50. The molecule has 0 heterocycles. The number of fused-ring (bicyclic) bond motifs is 3. The fourth-order valence-electron chi connectivity index (χ4n) is 7.16. The first-order valence-corrected chi connectivity index (χ1v) is 10.2. The zero-order valence-corrected chi connectivity index (χ0v) is 16.6. The van der Waals surface area contributed by atoms with Gasteiger partial charge in [0.2, 0.25) is 0 Å². The Balaban J connectivity index is 1.98. The molecule has 142 valence electrons. The zero-order chi connectivity index (χ0) is 18.5. The molecule has 0 unspecified atom stereocenters. The second-order valence-electron chi connectivity index (χ2n) is 9.79. The lowest BCUT2D eigenvalue weighted by molar-refractivity contribution is -0.191. The molecule has 0 aliphatic heterocycles. The van der Waals surface area contributed by atoms with Gasteiger partial charge in [0.15, 0.2) is 0 Å². The van der Waals surface area contributed by atoms with E-state index < -0.39 is 5.60 Å². The maximum Gasteiger partial charge on any atom is 0.312 e. The fourth-order valence-corrected chi connectivity index (χ4v) is 7.16. The van der Waals surface area contributed by atoms with Gasteiger partial charge in [-0.3, -0.25) is 4.79 Å². The first-order chi connectivity index (χ1) is 11.6. The Kier molecular flexibility index (Phi) is 4.63. The Morgan fingerprint density at radius 1 is 1.16 bits per heavy atom. The van der Waals surface area contributed by atoms with E-state index in [4.69, 9.17) is 4.74 Å². The van der Waals surface area contributed by atoms with Crippen LogP contribution in [0.1, 0.15) is 79.1 Å². The molecule has 25 heavy (non-hydrogen) atoms. The van der Waals surface area contributed by atoms with Gasteiger partial charge in [-0.25, -0.2) is 0 Å². The summed E-state index contributed by atoms with van der Waals surface area (Å²) in [4.78, 5) is 12.8. The van der Waals surface area contributed by atoms with Gasteiger partial charge in [0, 0.05) is 0 Å². The van der Waals surface area contributed by atoms with E-state index in [2.05, 4.69) is 26.5 Å². The van der Waals surface area contributed by atoms with Crippen LogP contribution in [-0.4, -0.2) is 23.3 Å². The van der Waals surface area contributed by atoms with Crippen molar-refractivity contribution in [2.75, 3.05) is 6.61 Å². The summed E-state index contributed by atoms with van der Waals surface area (Å²) in [6.45, 7) is 13.1. The number of hydrogen-bond donors (Lipinski definition) is 1. The predicted octanol–water partition coefficient (Wildman–Crippen LogP) is 4.88. The van der Waals surface area contributed by atoms with Crippen molar-refractivity contribution >= 4 is 5.97 Å². The average Bonchev–Trinajstić information content (AvgIpc) is 2.53. The Labute approximate surface area is 153 Å². The minimum absolute atomic E-state index is 0.000154. The second kappa shape index (κ2) is 6.11. The third kappa shape index (κ3) is 2.78. The molecule has 0 aromatic rings. The first-order valence-electron chi connectivity index (χ1n) is 10.2. The minimum atomic E-state index is -0.590. The number of hydrogen-bond acceptors (Lipinski definition) is 3. The Morgan fingerprint density at radius 2 is 1.84 bits per heavy atom. The SMILES string of the molecule is C=C[C@]12CC[C@H]3[C@@](C)(CCC[C@@]3(C)C(=O)OCC)[C@@H]1CC[C@](C)(O)C2. The normalized spacial score (nSPS) is 49.6. The van der Waals surface area contributed by atoms with Crippen LogP contribution in [0.4, 0.5) is 0 Å². The van der Waals surface area contributed by atoms with Gasteiger partial charge in [-0.05, 0) is 88.4 Å². The third-order valence-electron chi connectivity index (χ3n) is 8.20. The summed E-state index contributed by atoms with van der Waals surface area (Å²) in [6.07, 6.45) is 10.1. The summed E-state index contributed by atoms with van der Waals surface area (Å²) in [6, 6.07) is 0. The van der Waals surface area contributed by atoms with Crippen LogP contribution in [0.3, 0.4) is 0 Å². The maximum absolute atomic E-state index is 12.8. The number of ether oxygens (including phenoxy) is 1. The van der Waals surface area contributed by atoms with Crippen molar-refractivity contribution in [2.24, 2.45) is 28.1 Å². The zero-order valence-electron chi connectivity index (χ0n) is 16.6. The van der Waals surface area contributed by atoms with Crippen molar-refractivity contribution in [1.29, 1.82) is 0 Å². The Hall–Kier alpha value is -0.830. The van der Waals surface area contributed by atoms with Gasteiger partial charge < -0.3 is 9.84 Å². The van der Waals surface area contributed by atoms with Crippen molar-refractivity contribution in [3.8, 4) is 0 Å². The monoisotopic (exact) mass is 348 g/mol. The van der Waals surface area contributed by atoms with Gasteiger partial charge in [0.05, 0.1) is 17.6 Å². The largest absolute Gasteiger partial charge is 0.466 e. The van der Waals surface area contributed by atoms with Crippen LogP contribution < -0.4 is 0 Å². The topological polar surface area (TPSA) is 46.5 Å². The van der Waals surface area contributed by atoms with Crippen LogP contribution in [0.15, 0.2) is 12.7 Å². The van der Waals surface area contributed by atoms with Gasteiger partial charge in [-0.15, -0.1) is 6.58 Å². The molecule has 3 aliphatic rings. The fraction of sp³-hybridized carbons (Fsp3) is 0.864. The van der Waals surface area contributed by atoms with Crippen LogP contribution in [-0.2, 0) is 9.53 Å². The van der Waals surface area contributed by atoms with Gasteiger partial charge in [-0.2, -0.15) is 0 Å². The summed E-state index contributed by atoms with van der Waals surface area (Å²) in [5.74, 6) is 0.874. The van der Waals surface area contributed by atoms with Gasteiger partial charge in [0.25, 0.3) is 0 Å². The van der Waals surface area contributed by atoms with Crippen molar-refractivity contribution in [2.45, 2.75) is 84.7 Å². The summed E-state index contributed by atoms with van der Waals surface area (Å²) in [5, 5.41) is 10.7.